The van der Waals surface area contributed by atoms with Crippen molar-refractivity contribution < 1.29 is 10.0 Å². The van der Waals surface area contributed by atoms with Crippen LogP contribution in [0.2, 0.25) is 0 Å². The maximum absolute atomic E-state index is 11.8. The van der Waals surface area contributed by atoms with Crippen molar-refractivity contribution in [1.82, 2.24) is 5.32 Å². The van der Waals surface area contributed by atoms with E-state index in [1.165, 1.54) is 0 Å². The Labute approximate surface area is 107 Å². The number of nitrogens with one attached hydrogen (secondary N) is 1. The first kappa shape index (κ1) is 14.0. The van der Waals surface area contributed by atoms with Crippen molar-refractivity contribution >= 4 is 11.7 Å². The lowest BCUT2D eigenvalue weighted by molar-refractivity contribution is 0.0953. The van der Waals surface area contributed by atoms with Gasteiger partial charge in [-0.05, 0) is 18.6 Å². The van der Waals surface area contributed by atoms with Gasteiger partial charge in [-0.15, -0.1) is 0 Å². The minimum absolute atomic E-state index is 0.00404. The number of hydrogen-bond acceptors (Lipinski definition) is 3. The zero-order valence-corrected chi connectivity index (χ0v) is 10.5. The highest BCUT2D eigenvalue weighted by Crippen LogP contribution is 2.05. The molecule has 98 valence electrons. The van der Waals surface area contributed by atoms with Gasteiger partial charge in [-0.3, -0.25) is 4.79 Å². The molecule has 1 aromatic rings. The fraction of sp³-hybridized carbons (Fsp3) is 0.385. The van der Waals surface area contributed by atoms with E-state index in [1.54, 1.807) is 24.3 Å². The molecule has 5 heteroatoms. The number of rotatable bonds is 6. The average molecular weight is 249 g/mol. The van der Waals surface area contributed by atoms with Crippen LogP contribution in [0.4, 0.5) is 0 Å². The Hall–Kier alpha value is -2.04. The molecule has 18 heavy (non-hydrogen) atoms. The molecule has 0 saturated carbocycles. The van der Waals surface area contributed by atoms with Gasteiger partial charge in [0, 0.05) is 17.7 Å². The normalized spacial score (nSPS) is 11.3. The van der Waals surface area contributed by atoms with Gasteiger partial charge in [0.15, 0.2) is 5.84 Å². The molecule has 1 aromatic carbocycles. The number of benzene rings is 1. The third-order valence-corrected chi connectivity index (χ3v) is 2.59. The maximum Gasteiger partial charge on any atom is 0.251 e. The first-order chi connectivity index (χ1) is 8.69. The zero-order chi connectivity index (χ0) is 13.4. The predicted octanol–water partition coefficient (Wildman–Crippen LogP) is 1.70. The van der Waals surface area contributed by atoms with Gasteiger partial charge in [0.2, 0.25) is 0 Å². The van der Waals surface area contributed by atoms with E-state index in [9.17, 15) is 4.79 Å². The van der Waals surface area contributed by atoms with E-state index in [1.807, 2.05) is 0 Å². The van der Waals surface area contributed by atoms with Crippen LogP contribution in [0.1, 0.15) is 42.1 Å². The van der Waals surface area contributed by atoms with E-state index in [-0.39, 0.29) is 11.7 Å². The second-order valence-corrected chi connectivity index (χ2v) is 4.03. The molecule has 1 rings (SSSR count). The van der Waals surface area contributed by atoms with Crippen molar-refractivity contribution in [3.05, 3.63) is 35.4 Å². The fourth-order valence-corrected chi connectivity index (χ4v) is 1.56. The molecule has 0 spiro atoms. The first-order valence-electron chi connectivity index (χ1n) is 6.05. The fourth-order valence-electron chi connectivity index (χ4n) is 1.56. The van der Waals surface area contributed by atoms with Crippen molar-refractivity contribution in [2.45, 2.75) is 26.2 Å². The number of amides is 1. The van der Waals surface area contributed by atoms with E-state index in [2.05, 4.69) is 17.4 Å². The molecule has 0 aliphatic heterocycles. The summed E-state index contributed by atoms with van der Waals surface area (Å²) in [5.41, 5.74) is 6.51. The van der Waals surface area contributed by atoms with Crippen molar-refractivity contribution in [3.8, 4) is 0 Å². The number of hydrogen-bond donors (Lipinski definition) is 3. The lowest BCUT2D eigenvalue weighted by Gasteiger charge is -2.06. The van der Waals surface area contributed by atoms with Crippen LogP contribution in [0.5, 0.6) is 0 Å². The molecule has 1 amide bonds. The lowest BCUT2D eigenvalue weighted by atomic mass is 10.1. The summed E-state index contributed by atoms with van der Waals surface area (Å²) in [4.78, 5) is 11.8. The van der Waals surface area contributed by atoms with Crippen molar-refractivity contribution in [2.24, 2.45) is 10.9 Å². The number of oxime groups is 1. The Balaban J connectivity index is 2.63. The number of carbonyl (C=O) groups excluding carboxylic acids is 1. The maximum atomic E-state index is 11.8. The third-order valence-electron chi connectivity index (χ3n) is 2.59. The van der Waals surface area contributed by atoms with Crippen LogP contribution in [0.3, 0.4) is 0 Å². The van der Waals surface area contributed by atoms with Gasteiger partial charge >= 0.3 is 0 Å². The van der Waals surface area contributed by atoms with Gasteiger partial charge in [-0.1, -0.05) is 37.1 Å². The van der Waals surface area contributed by atoms with Crippen LogP contribution < -0.4 is 11.1 Å². The molecule has 0 aliphatic rings. The van der Waals surface area contributed by atoms with Crippen molar-refractivity contribution in [2.75, 3.05) is 6.54 Å². The molecule has 0 atom stereocenters. The molecule has 0 fully saturated rings. The van der Waals surface area contributed by atoms with Gasteiger partial charge in [0.05, 0.1) is 0 Å². The van der Waals surface area contributed by atoms with Crippen molar-refractivity contribution in [1.29, 1.82) is 0 Å². The largest absolute Gasteiger partial charge is 0.409 e. The molecule has 5 nitrogen and oxygen atoms in total. The van der Waals surface area contributed by atoms with E-state index < -0.39 is 0 Å². The quantitative estimate of drug-likeness (QED) is 0.236. The first-order valence-corrected chi connectivity index (χ1v) is 6.05. The molecule has 4 N–H and O–H groups in total. The second kappa shape index (κ2) is 7.32. The van der Waals surface area contributed by atoms with Crippen LogP contribution in [0, 0.1) is 0 Å². The van der Waals surface area contributed by atoms with E-state index in [4.69, 9.17) is 10.9 Å². The molecule has 0 aromatic heterocycles. The SMILES string of the molecule is CCCCCNC(=O)c1cccc(/C(N)=N/O)c1. The summed E-state index contributed by atoms with van der Waals surface area (Å²) in [5, 5.41) is 14.3. The summed E-state index contributed by atoms with van der Waals surface area (Å²) in [5.74, 6) is -0.144. The molecule has 0 radical (unpaired) electrons. The molecule has 0 aliphatic carbocycles. The van der Waals surface area contributed by atoms with E-state index >= 15 is 0 Å². The molecule has 0 unspecified atom stereocenters. The summed E-state index contributed by atoms with van der Waals surface area (Å²) in [6.45, 7) is 2.78. The van der Waals surface area contributed by atoms with Gasteiger partial charge in [0.25, 0.3) is 5.91 Å². The van der Waals surface area contributed by atoms with Crippen molar-refractivity contribution in [3.63, 3.8) is 0 Å². The van der Waals surface area contributed by atoms with Gasteiger partial charge in [-0.2, -0.15) is 0 Å². The summed E-state index contributed by atoms with van der Waals surface area (Å²) >= 11 is 0. The van der Waals surface area contributed by atoms with Gasteiger partial charge < -0.3 is 16.3 Å². The Bertz CT molecular complexity index is 430. The monoisotopic (exact) mass is 249 g/mol. The summed E-state index contributed by atoms with van der Waals surface area (Å²) in [6, 6.07) is 6.69. The highest BCUT2D eigenvalue weighted by atomic mass is 16.4. The van der Waals surface area contributed by atoms with E-state index in [0.29, 0.717) is 17.7 Å². The van der Waals surface area contributed by atoms with E-state index in [0.717, 1.165) is 19.3 Å². The van der Waals surface area contributed by atoms with Gasteiger partial charge in [-0.25, -0.2) is 0 Å². The molecular formula is C13H19N3O2. The zero-order valence-electron chi connectivity index (χ0n) is 10.5. The Morgan fingerprint density at radius 3 is 2.78 bits per heavy atom. The Morgan fingerprint density at radius 2 is 2.11 bits per heavy atom. The standard InChI is InChI=1S/C13H19N3O2/c1-2-3-4-8-15-13(17)11-7-5-6-10(9-11)12(14)16-18/h5-7,9,18H,2-4,8H2,1H3,(H2,14,16)(H,15,17). The smallest absolute Gasteiger partial charge is 0.251 e. The Kier molecular flexibility index (Phi) is 5.70. The molecule has 0 saturated heterocycles. The number of unbranched alkanes of at least 4 members (excludes halogenated alkanes) is 2. The van der Waals surface area contributed by atoms with Gasteiger partial charge in [0.1, 0.15) is 0 Å². The third kappa shape index (κ3) is 4.08. The number of carbonyl (C=O) groups is 1. The summed E-state index contributed by atoms with van der Waals surface area (Å²) in [6.07, 6.45) is 3.20. The highest BCUT2D eigenvalue weighted by molar-refractivity contribution is 6.01. The minimum Gasteiger partial charge on any atom is -0.409 e. The number of amidine groups is 1. The average Bonchev–Trinajstić information content (AvgIpc) is 2.42. The minimum atomic E-state index is -0.140. The topological polar surface area (TPSA) is 87.7 Å². The molecule has 0 heterocycles. The second-order valence-electron chi connectivity index (χ2n) is 4.03. The highest BCUT2D eigenvalue weighted by Gasteiger charge is 2.07. The number of nitrogens with zero attached hydrogens (tertiary/aromatic N) is 1. The van der Waals surface area contributed by atoms with Crippen LogP contribution in [0.25, 0.3) is 0 Å². The summed E-state index contributed by atoms with van der Waals surface area (Å²) in [7, 11) is 0. The number of nitrogens with two attached hydrogens (primary N) is 1. The molecular weight excluding hydrogens is 230 g/mol. The Morgan fingerprint density at radius 1 is 1.39 bits per heavy atom. The molecule has 0 bridgehead atoms. The lowest BCUT2D eigenvalue weighted by Crippen LogP contribution is -2.25. The van der Waals surface area contributed by atoms with Crippen LogP contribution in [-0.2, 0) is 0 Å². The summed E-state index contributed by atoms with van der Waals surface area (Å²) < 4.78 is 0. The van der Waals surface area contributed by atoms with Crippen LogP contribution in [0.15, 0.2) is 29.4 Å². The van der Waals surface area contributed by atoms with Crippen LogP contribution >= 0.6 is 0 Å². The predicted molar refractivity (Wildman–Crippen MR) is 70.8 cm³/mol. The van der Waals surface area contributed by atoms with Crippen LogP contribution in [-0.4, -0.2) is 23.5 Å².